The van der Waals surface area contributed by atoms with E-state index < -0.39 is 6.04 Å². The Morgan fingerprint density at radius 2 is 2.00 bits per heavy atom. The van der Waals surface area contributed by atoms with Gasteiger partial charge in [0.15, 0.2) is 0 Å². The fourth-order valence-corrected chi connectivity index (χ4v) is 2.50. The summed E-state index contributed by atoms with van der Waals surface area (Å²) in [6.45, 7) is 1.30. The largest absolute Gasteiger partial charge is 0.381 e. The summed E-state index contributed by atoms with van der Waals surface area (Å²) in [7, 11) is 3.38. The number of hydrogen-bond donors (Lipinski definition) is 2. The Bertz CT molecular complexity index is 539. The molecule has 1 heterocycles. The van der Waals surface area contributed by atoms with Crippen LogP contribution in [0.5, 0.6) is 0 Å². The van der Waals surface area contributed by atoms with E-state index >= 15 is 0 Å². The normalized spacial score (nSPS) is 16.9. The highest BCUT2D eigenvalue weighted by atomic mass is 16.5. The van der Waals surface area contributed by atoms with E-state index in [1.54, 1.807) is 38.4 Å². The summed E-state index contributed by atoms with van der Waals surface area (Å²) in [5.41, 5.74) is 7.16. The fourth-order valence-electron chi connectivity index (χ4n) is 2.50. The predicted molar refractivity (Wildman–Crippen MR) is 84.6 cm³/mol. The van der Waals surface area contributed by atoms with Crippen molar-refractivity contribution in [3.05, 3.63) is 29.8 Å². The molecule has 3 N–H and O–H groups in total. The molecule has 1 saturated heterocycles. The Balaban J connectivity index is 2.02. The van der Waals surface area contributed by atoms with Crippen LogP contribution in [-0.2, 0) is 9.53 Å². The van der Waals surface area contributed by atoms with Crippen LogP contribution in [0.1, 0.15) is 23.2 Å². The summed E-state index contributed by atoms with van der Waals surface area (Å²) < 4.78 is 5.28. The number of ether oxygens (including phenoxy) is 1. The molecule has 1 aliphatic rings. The number of nitrogens with zero attached hydrogens (tertiary/aromatic N) is 1. The number of carbonyl (C=O) groups is 2. The van der Waals surface area contributed by atoms with E-state index in [0.717, 1.165) is 12.8 Å². The van der Waals surface area contributed by atoms with Gasteiger partial charge in [0.1, 0.15) is 0 Å². The Labute approximate surface area is 130 Å². The third kappa shape index (κ3) is 4.05. The summed E-state index contributed by atoms with van der Waals surface area (Å²) in [4.78, 5) is 25.7. The first-order valence-corrected chi connectivity index (χ1v) is 7.45. The molecule has 0 radical (unpaired) electrons. The summed E-state index contributed by atoms with van der Waals surface area (Å²) >= 11 is 0. The van der Waals surface area contributed by atoms with E-state index in [-0.39, 0.29) is 17.7 Å². The summed E-state index contributed by atoms with van der Waals surface area (Å²) in [5.74, 6) is -0.188. The van der Waals surface area contributed by atoms with E-state index in [4.69, 9.17) is 10.5 Å². The van der Waals surface area contributed by atoms with Crippen LogP contribution >= 0.6 is 0 Å². The first kappa shape index (κ1) is 16.5. The van der Waals surface area contributed by atoms with Crippen LogP contribution in [0.25, 0.3) is 0 Å². The lowest BCUT2D eigenvalue weighted by atomic mass is 9.92. The van der Waals surface area contributed by atoms with Crippen molar-refractivity contribution in [1.82, 2.24) is 4.90 Å². The second-order valence-corrected chi connectivity index (χ2v) is 5.75. The standard InChI is InChI=1S/C16H23N3O3/c1-19(2)16(21)12-4-3-5-13(10-12)18-15(20)14(17)11-6-8-22-9-7-11/h3-5,10-11,14H,6-9,17H2,1-2H3,(H,18,20). The SMILES string of the molecule is CN(C)C(=O)c1cccc(NC(=O)C(N)C2CCOCC2)c1. The van der Waals surface area contributed by atoms with Gasteiger partial charge in [0.05, 0.1) is 6.04 Å². The number of hydrogen-bond acceptors (Lipinski definition) is 4. The monoisotopic (exact) mass is 305 g/mol. The Hall–Kier alpha value is -1.92. The number of rotatable bonds is 4. The lowest BCUT2D eigenvalue weighted by molar-refractivity contribution is -0.119. The molecule has 22 heavy (non-hydrogen) atoms. The average Bonchev–Trinajstić information content (AvgIpc) is 2.54. The third-order valence-electron chi connectivity index (χ3n) is 3.86. The maximum absolute atomic E-state index is 12.3. The van der Waals surface area contributed by atoms with Crippen molar-refractivity contribution in [1.29, 1.82) is 0 Å². The van der Waals surface area contributed by atoms with Crippen molar-refractivity contribution < 1.29 is 14.3 Å². The molecule has 1 aromatic carbocycles. The van der Waals surface area contributed by atoms with Crippen molar-refractivity contribution in [2.45, 2.75) is 18.9 Å². The lowest BCUT2D eigenvalue weighted by Crippen LogP contribution is -2.44. The molecule has 1 unspecified atom stereocenters. The van der Waals surface area contributed by atoms with E-state index in [9.17, 15) is 9.59 Å². The van der Waals surface area contributed by atoms with Gasteiger partial charge in [-0.05, 0) is 37.0 Å². The fraction of sp³-hybridized carbons (Fsp3) is 0.500. The van der Waals surface area contributed by atoms with Gasteiger partial charge >= 0.3 is 0 Å². The number of amides is 2. The summed E-state index contributed by atoms with van der Waals surface area (Å²) in [5, 5.41) is 2.80. The molecule has 0 saturated carbocycles. The molecule has 1 aromatic rings. The van der Waals surface area contributed by atoms with Crippen LogP contribution in [0, 0.1) is 5.92 Å². The van der Waals surface area contributed by atoms with Crippen molar-refractivity contribution in [2.24, 2.45) is 11.7 Å². The highest BCUT2D eigenvalue weighted by Gasteiger charge is 2.26. The first-order valence-electron chi connectivity index (χ1n) is 7.45. The Kier molecular flexibility index (Phi) is 5.51. The molecule has 120 valence electrons. The lowest BCUT2D eigenvalue weighted by Gasteiger charge is -2.26. The van der Waals surface area contributed by atoms with Gasteiger partial charge < -0.3 is 20.7 Å². The molecule has 1 aliphatic heterocycles. The van der Waals surface area contributed by atoms with Crippen molar-refractivity contribution in [3.63, 3.8) is 0 Å². The predicted octanol–water partition coefficient (Wildman–Crippen LogP) is 1.08. The van der Waals surface area contributed by atoms with Gasteiger partial charge in [0, 0.05) is 38.6 Å². The Morgan fingerprint density at radius 3 is 2.64 bits per heavy atom. The zero-order valence-corrected chi connectivity index (χ0v) is 13.0. The number of benzene rings is 1. The van der Waals surface area contributed by atoms with E-state index in [2.05, 4.69) is 5.32 Å². The minimum atomic E-state index is -0.558. The minimum absolute atomic E-state index is 0.107. The van der Waals surface area contributed by atoms with Crippen LogP contribution in [0.2, 0.25) is 0 Å². The van der Waals surface area contributed by atoms with Crippen molar-refractivity contribution >= 4 is 17.5 Å². The zero-order chi connectivity index (χ0) is 16.1. The zero-order valence-electron chi connectivity index (χ0n) is 13.0. The van der Waals surface area contributed by atoms with Gasteiger partial charge in [-0.25, -0.2) is 0 Å². The molecule has 6 nitrogen and oxygen atoms in total. The molecule has 1 fully saturated rings. The second-order valence-electron chi connectivity index (χ2n) is 5.75. The molecule has 2 amide bonds. The summed E-state index contributed by atoms with van der Waals surface area (Å²) in [6, 6.07) is 6.32. The quantitative estimate of drug-likeness (QED) is 0.872. The first-order chi connectivity index (χ1) is 10.5. The maximum atomic E-state index is 12.3. The smallest absolute Gasteiger partial charge is 0.253 e. The highest BCUT2D eigenvalue weighted by Crippen LogP contribution is 2.19. The molecule has 0 aliphatic carbocycles. The topological polar surface area (TPSA) is 84.7 Å². The van der Waals surface area contributed by atoms with Gasteiger partial charge in [0.2, 0.25) is 5.91 Å². The van der Waals surface area contributed by atoms with Crippen LogP contribution in [0.3, 0.4) is 0 Å². The van der Waals surface area contributed by atoms with Gasteiger partial charge in [0.25, 0.3) is 5.91 Å². The van der Waals surface area contributed by atoms with Crippen molar-refractivity contribution in [2.75, 3.05) is 32.6 Å². The molecular formula is C16H23N3O3. The van der Waals surface area contributed by atoms with Gasteiger partial charge in [-0.1, -0.05) is 6.07 Å². The number of nitrogens with two attached hydrogens (primary N) is 1. The van der Waals surface area contributed by atoms with E-state index in [0.29, 0.717) is 24.5 Å². The minimum Gasteiger partial charge on any atom is -0.381 e. The molecule has 6 heteroatoms. The van der Waals surface area contributed by atoms with Crippen LogP contribution in [-0.4, -0.2) is 50.1 Å². The third-order valence-corrected chi connectivity index (χ3v) is 3.86. The summed E-state index contributed by atoms with van der Waals surface area (Å²) in [6.07, 6.45) is 1.60. The maximum Gasteiger partial charge on any atom is 0.253 e. The highest BCUT2D eigenvalue weighted by molar-refractivity contribution is 5.98. The van der Waals surface area contributed by atoms with Gasteiger partial charge in [-0.15, -0.1) is 0 Å². The van der Waals surface area contributed by atoms with Gasteiger partial charge in [-0.3, -0.25) is 9.59 Å². The van der Waals surface area contributed by atoms with Gasteiger partial charge in [-0.2, -0.15) is 0 Å². The Morgan fingerprint density at radius 1 is 1.32 bits per heavy atom. The molecule has 0 aromatic heterocycles. The molecule has 1 atom stereocenters. The molecule has 0 spiro atoms. The average molecular weight is 305 g/mol. The number of anilines is 1. The van der Waals surface area contributed by atoms with E-state index in [1.807, 2.05) is 0 Å². The number of carbonyl (C=O) groups excluding carboxylic acids is 2. The number of nitrogens with one attached hydrogen (secondary N) is 1. The van der Waals surface area contributed by atoms with Crippen LogP contribution in [0.15, 0.2) is 24.3 Å². The molecule has 2 rings (SSSR count). The molecule has 0 bridgehead atoms. The van der Waals surface area contributed by atoms with Crippen LogP contribution < -0.4 is 11.1 Å². The molecular weight excluding hydrogens is 282 g/mol. The second kappa shape index (κ2) is 7.38. The van der Waals surface area contributed by atoms with Crippen LogP contribution in [0.4, 0.5) is 5.69 Å². The van der Waals surface area contributed by atoms with Crippen molar-refractivity contribution in [3.8, 4) is 0 Å². The van der Waals surface area contributed by atoms with E-state index in [1.165, 1.54) is 4.90 Å².